The van der Waals surface area contributed by atoms with Crippen molar-refractivity contribution in [2.24, 2.45) is 11.7 Å². The third-order valence-electron chi connectivity index (χ3n) is 5.44. The average molecular weight is 401 g/mol. The van der Waals surface area contributed by atoms with E-state index in [1.54, 1.807) is 24.3 Å². The van der Waals surface area contributed by atoms with Crippen LogP contribution in [0.4, 0.5) is 5.69 Å². The summed E-state index contributed by atoms with van der Waals surface area (Å²) in [5.41, 5.74) is 5.99. The number of carbonyl (C=O) groups excluding carboxylic acids is 4. The second-order valence-electron chi connectivity index (χ2n) is 7.47. The standard InChI is InChI=1S/C20H27N5O4/c21-19(28)14-6-9-24(10-7-14)13-18(27)25-11-8-22-20(29)16(25)12-17(26)23-15-4-2-1-3-5-15/h1-5,14,16H,6-13H2,(H2,21,28)(H,22,29)(H,23,26). The molecule has 0 radical (unpaired) electrons. The van der Waals surface area contributed by atoms with E-state index in [0.29, 0.717) is 44.7 Å². The van der Waals surface area contributed by atoms with Gasteiger partial charge >= 0.3 is 0 Å². The second-order valence-corrected chi connectivity index (χ2v) is 7.47. The summed E-state index contributed by atoms with van der Waals surface area (Å²) in [5, 5.41) is 5.49. The van der Waals surface area contributed by atoms with E-state index in [-0.39, 0.29) is 42.5 Å². The molecule has 4 amide bonds. The molecule has 1 unspecified atom stereocenters. The van der Waals surface area contributed by atoms with Crippen LogP contribution in [0.25, 0.3) is 0 Å². The van der Waals surface area contributed by atoms with Crippen LogP contribution in [0.15, 0.2) is 30.3 Å². The Kier molecular flexibility index (Phi) is 6.82. The Bertz CT molecular complexity index is 761. The number of amides is 4. The van der Waals surface area contributed by atoms with E-state index in [1.165, 1.54) is 4.90 Å². The van der Waals surface area contributed by atoms with E-state index in [0.717, 1.165) is 0 Å². The molecule has 0 bridgehead atoms. The van der Waals surface area contributed by atoms with E-state index in [1.807, 2.05) is 11.0 Å². The highest BCUT2D eigenvalue weighted by Crippen LogP contribution is 2.18. The molecular formula is C20H27N5O4. The van der Waals surface area contributed by atoms with Gasteiger partial charge in [-0.15, -0.1) is 0 Å². The molecule has 2 aliphatic heterocycles. The number of benzene rings is 1. The van der Waals surface area contributed by atoms with E-state index in [4.69, 9.17) is 5.73 Å². The van der Waals surface area contributed by atoms with Gasteiger partial charge in [0.15, 0.2) is 0 Å². The number of carbonyl (C=O) groups is 4. The Morgan fingerprint density at radius 1 is 1.10 bits per heavy atom. The van der Waals surface area contributed by atoms with E-state index in [2.05, 4.69) is 10.6 Å². The average Bonchev–Trinajstić information content (AvgIpc) is 2.70. The van der Waals surface area contributed by atoms with Gasteiger partial charge < -0.3 is 21.3 Å². The first-order valence-corrected chi connectivity index (χ1v) is 9.88. The molecule has 0 spiro atoms. The number of likely N-dealkylation sites (tertiary alicyclic amines) is 1. The number of nitrogens with zero attached hydrogens (tertiary/aromatic N) is 2. The van der Waals surface area contributed by atoms with Crippen LogP contribution in [0.1, 0.15) is 19.3 Å². The number of anilines is 1. The lowest BCUT2D eigenvalue weighted by Crippen LogP contribution is -2.59. The van der Waals surface area contributed by atoms with Gasteiger partial charge in [0.1, 0.15) is 6.04 Å². The molecule has 0 aromatic heterocycles. The summed E-state index contributed by atoms with van der Waals surface area (Å²) in [6.45, 7) is 2.11. The fraction of sp³-hybridized carbons (Fsp3) is 0.500. The zero-order valence-corrected chi connectivity index (χ0v) is 16.3. The van der Waals surface area contributed by atoms with Crippen LogP contribution in [0.3, 0.4) is 0 Å². The Labute approximate surface area is 169 Å². The zero-order valence-electron chi connectivity index (χ0n) is 16.3. The summed E-state index contributed by atoms with van der Waals surface area (Å²) in [4.78, 5) is 52.4. The number of piperazine rings is 1. The summed E-state index contributed by atoms with van der Waals surface area (Å²) in [6, 6.07) is 8.15. The van der Waals surface area contributed by atoms with Crippen LogP contribution in [0, 0.1) is 5.92 Å². The predicted molar refractivity (Wildman–Crippen MR) is 107 cm³/mol. The van der Waals surface area contributed by atoms with Crippen molar-refractivity contribution in [3.05, 3.63) is 30.3 Å². The van der Waals surface area contributed by atoms with Gasteiger partial charge in [-0.3, -0.25) is 24.1 Å². The molecule has 1 aromatic rings. The molecule has 1 aromatic carbocycles. The van der Waals surface area contributed by atoms with Crippen molar-refractivity contribution < 1.29 is 19.2 Å². The number of primary amides is 1. The molecular weight excluding hydrogens is 374 g/mol. The third-order valence-corrected chi connectivity index (χ3v) is 5.44. The minimum Gasteiger partial charge on any atom is -0.369 e. The monoisotopic (exact) mass is 401 g/mol. The van der Waals surface area contributed by atoms with Crippen molar-refractivity contribution in [3.63, 3.8) is 0 Å². The van der Waals surface area contributed by atoms with Crippen LogP contribution in [0.2, 0.25) is 0 Å². The fourth-order valence-corrected chi connectivity index (χ4v) is 3.78. The normalized spacial score (nSPS) is 20.8. The lowest BCUT2D eigenvalue weighted by molar-refractivity contribution is -0.145. The molecule has 29 heavy (non-hydrogen) atoms. The second kappa shape index (κ2) is 9.51. The van der Waals surface area contributed by atoms with Gasteiger partial charge in [-0.05, 0) is 38.1 Å². The number of hydrogen-bond acceptors (Lipinski definition) is 5. The van der Waals surface area contributed by atoms with Crippen molar-refractivity contribution in [3.8, 4) is 0 Å². The topological polar surface area (TPSA) is 125 Å². The third kappa shape index (κ3) is 5.54. The van der Waals surface area contributed by atoms with Crippen molar-refractivity contribution in [2.75, 3.05) is 38.0 Å². The van der Waals surface area contributed by atoms with Crippen LogP contribution < -0.4 is 16.4 Å². The van der Waals surface area contributed by atoms with Gasteiger partial charge in [-0.2, -0.15) is 0 Å². The molecule has 0 aliphatic carbocycles. The van der Waals surface area contributed by atoms with E-state index >= 15 is 0 Å². The van der Waals surface area contributed by atoms with Crippen LogP contribution >= 0.6 is 0 Å². The van der Waals surface area contributed by atoms with E-state index < -0.39 is 6.04 Å². The van der Waals surface area contributed by atoms with Gasteiger partial charge in [0.05, 0.1) is 13.0 Å². The highest BCUT2D eigenvalue weighted by Gasteiger charge is 2.35. The fourth-order valence-electron chi connectivity index (χ4n) is 3.78. The molecule has 2 fully saturated rings. The Morgan fingerprint density at radius 2 is 1.79 bits per heavy atom. The first-order chi connectivity index (χ1) is 13.9. The van der Waals surface area contributed by atoms with Gasteiger partial charge in [0, 0.05) is 24.7 Å². The lowest BCUT2D eigenvalue weighted by atomic mass is 9.96. The van der Waals surface area contributed by atoms with Crippen molar-refractivity contribution in [1.29, 1.82) is 0 Å². The SMILES string of the molecule is NC(=O)C1CCN(CC(=O)N2CCNC(=O)C2CC(=O)Nc2ccccc2)CC1. The molecule has 9 nitrogen and oxygen atoms in total. The number of para-hydroxylation sites is 1. The predicted octanol–water partition coefficient (Wildman–Crippen LogP) is -0.460. The zero-order chi connectivity index (χ0) is 20.8. The molecule has 4 N–H and O–H groups in total. The highest BCUT2D eigenvalue weighted by atomic mass is 16.2. The minimum absolute atomic E-state index is 0.101. The van der Waals surface area contributed by atoms with Crippen LogP contribution in [0.5, 0.6) is 0 Å². The van der Waals surface area contributed by atoms with Crippen LogP contribution in [-0.2, 0) is 19.2 Å². The maximum absolute atomic E-state index is 12.9. The minimum atomic E-state index is -0.830. The summed E-state index contributed by atoms with van der Waals surface area (Å²) in [6.07, 6.45) is 1.16. The first kappa shape index (κ1) is 20.8. The number of hydrogen-bond donors (Lipinski definition) is 3. The smallest absolute Gasteiger partial charge is 0.243 e. The van der Waals surface area contributed by atoms with Gasteiger partial charge in [0.25, 0.3) is 0 Å². The number of rotatable bonds is 6. The van der Waals surface area contributed by atoms with Gasteiger partial charge in [0.2, 0.25) is 23.6 Å². The molecule has 2 heterocycles. The van der Waals surface area contributed by atoms with Crippen molar-refractivity contribution in [2.45, 2.75) is 25.3 Å². The molecule has 3 rings (SSSR count). The maximum Gasteiger partial charge on any atom is 0.243 e. The van der Waals surface area contributed by atoms with Gasteiger partial charge in [-0.1, -0.05) is 18.2 Å². The highest BCUT2D eigenvalue weighted by molar-refractivity contribution is 5.97. The number of piperidine rings is 1. The van der Waals surface area contributed by atoms with E-state index in [9.17, 15) is 19.2 Å². The molecule has 156 valence electrons. The lowest BCUT2D eigenvalue weighted by Gasteiger charge is -2.37. The van der Waals surface area contributed by atoms with Crippen molar-refractivity contribution >= 4 is 29.3 Å². The Balaban J connectivity index is 1.57. The quantitative estimate of drug-likeness (QED) is 0.595. The summed E-state index contributed by atoms with van der Waals surface area (Å²) >= 11 is 0. The number of nitrogens with two attached hydrogens (primary N) is 1. The maximum atomic E-state index is 12.9. The van der Waals surface area contributed by atoms with Crippen LogP contribution in [-0.4, -0.2) is 72.2 Å². The van der Waals surface area contributed by atoms with Crippen molar-refractivity contribution in [1.82, 2.24) is 15.1 Å². The van der Waals surface area contributed by atoms with Gasteiger partial charge in [-0.25, -0.2) is 0 Å². The summed E-state index contributed by atoms with van der Waals surface area (Å²) < 4.78 is 0. The molecule has 2 aliphatic rings. The molecule has 2 saturated heterocycles. The number of nitrogens with one attached hydrogen (secondary N) is 2. The molecule has 9 heteroatoms. The summed E-state index contributed by atoms with van der Waals surface area (Å²) in [5.74, 6) is -1.27. The molecule has 1 atom stereocenters. The Hall–Kier alpha value is -2.94. The summed E-state index contributed by atoms with van der Waals surface area (Å²) in [7, 11) is 0. The molecule has 0 saturated carbocycles. The Morgan fingerprint density at radius 3 is 2.45 bits per heavy atom. The first-order valence-electron chi connectivity index (χ1n) is 9.88. The largest absolute Gasteiger partial charge is 0.369 e.